The fraction of sp³-hybridized carbons (Fsp3) is 0.143. The van der Waals surface area contributed by atoms with Crippen molar-refractivity contribution >= 4 is 17.6 Å². The Morgan fingerprint density at radius 2 is 1.81 bits per heavy atom. The Hall–Kier alpha value is -3.21. The van der Waals surface area contributed by atoms with E-state index in [1.54, 1.807) is 16.8 Å². The summed E-state index contributed by atoms with van der Waals surface area (Å²) in [5.41, 5.74) is 4.37. The number of carbonyl (C=O) groups is 1. The van der Waals surface area contributed by atoms with E-state index in [1.807, 2.05) is 30.3 Å². The van der Waals surface area contributed by atoms with Gasteiger partial charge in [0.05, 0.1) is 11.4 Å². The first-order chi connectivity index (χ1) is 12.6. The Balaban J connectivity index is 1.92. The first-order valence-electron chi connectivity index (χ1n) is 8.50. The molecule has 1 aromatic heterocycles. The summed E-state index contributed by atoms with van der Waals surface area (Å²) in [4.78, 5) is 11.7. The molecule has 0 saturated heterocycles. The van der Waals surface area contributed by atoms with Crippen molar-refractivity contribution in [3.8, 4) is 5.69 Å². The highest BCUT2D eigenvalue weighted by Gasteiger charge is 2.28. The van der Waals surface area contributed by atoms with E-state index >= 15 is 0 Å². The van der Waals surface area contributed by atoms with E-state index in [-0.39, 0.29) is 11.5 Å². The lowest BCUT2D eigenvalue weighted by Crippen LogP contribution is -2.08. The van der Waals surface area contributed by atoms with E-state index in [0.29, 0.717) is 12.1 Å². The maximum absolute atomic E-state index is 13.3. The van der Waals surface area contributed by atoms with Crippen LogP contribution in [0.15, 0.2) is 54.6 Å². The fourth-order valence-corrected chi connectivity index (χ4v) is 3.42. The van der Waals surface area contributed by atoms with Crippen molar-refractivity contribution in [1.82, 2.24) is 9.78 Å². The van der Waals surface area contributed by atoms with E-state index in [4.69, 9.17) is 0 Å². The highest BCUT2D eigenvalue weighted by molar-refractivity contribution is 5.92. The predicted octanol–water partition coefficient (Wildman–Crippen LogP) is 4.59. The monoisotopic (exact) mass is 348 g/mol. The molecule has 0 amide bonds. The molecule has 0 bridgehead atoms. The molecule has 1 heterocycles. The smallest absolute Gasteiger partial charge is 0.356 e. The van der Waals surface area contributed by atoms with Crippen molar-refractivity contribution in [2.75, 3.05) is 0 Å². The van der Waals surface area contributed by atoms with Crippen LogP contribution in [0.2, 0.25) is 0 Å². The predicted molar refractivity (Wildman–Crippen MR) is 97.7 cm³/mol. The van der Waals surface area contributed by atoms with Gasteiger partial charge in [0.15, 0.2) is 5.69 Å². The fourth-order valence-electron chi connectivity index (χ4n) is 3.42. The topological polar surface area (TPSA) is 55.1 Å². The molecule has 4 rings (SSSR count). The molecule has 1 N–H and O–H groups in total. The van der Waals surface area contributed by atoms with Crippen LogP contribution in [0, 0.1) is 5.82 Å². The van der Waals surface area contributed by atoms with Gasteiger partial charge < -0.3 is 5.11 Å². The van der Waals surface area contributed by atoms with Gasteiger partial charge in [-0.15, -0.1) is 0 Å². The first-order valence-corrected chi connectivity index (χ1v) is 8.50. The number of aromatic carboxylic acids is 1. The highest BCUT2D eigenvalue weighted by Crippen LogP contribution is 2.35. The number of carboxylic acid groups (broad SMARTS) is 1. The van der Waals surface area contributed by atoms with Crippen LogP contribution >= 0.6 is 0 Å². The Labute approximate surface area is 150 Å². The number of aromatic nitrogens is 2. The number of carboxylic acids is 1. The van der Waals surface area contributed by atoms with Gasteiger partial charge in [0.1, 0.15) is 5.82 Å². The van der Waals surface area contributed by atoms with Crippen molar-refractivity contribution < 1.29 is 14.3 Å². The number of hydrogen-bond acceptors (Lipinski definition) is 2. The van der Waals surface area contributed by atoms with Crippen LogP contribution in [0.1, 0.15) is 40.2 Å². The van der Waals surface area contributed by atoms with Crippen molar-refractivity contribution in [2.45, 2.75) is 19.3 Å². The van der Waals surface area contributed by atoms with Crippen LogP contribution in [0.25, 0.3) is 17.3 Å². The van der Waals surface area contributed by atoms with Crippen LogP contribution in [-0.4, -0.2) is 20.9 Å². The molecule has 130 valence electrons. The molecular weight excluding hydrogens is 331 g/mol. The van der Waals surface area contributed by atoms with Crippen LogP contribution in [0.4, 0.5) is 4.39 Å². The highest BCUT2D eigenvalue weighted by atomic mass is 19.1. The second-order valence-corrected chi connectivity index (χ2v) is 6.30. The van der Waals surface area contributed by atoms with Gasteiger partial charge in [-0.05, 0) is 60.7 Å². The van der Waals surface area contributed by atoms with Crippen molar-refractivity contribution in [2.24, 2.45) is 0 Å². The standard InChI is InChI=1S/C21H17FN2O2/c22-16-9-11-17(12-10-16)24-20-15(13-14-5-2-1-3-6-14)7-4-8-18(20)19(23-24)21(25)26/h1-3,5-6,9-13H,4,7-8H2,(H,25,26)/b15-13-. The van der Waals surface area contributed by atoms with Gasteiger partial charge in [0, 0.05) is 5.56 Å². The summed E-state index contributed by atoms with van der Waals surface area (Å²) in [5, 5.41) is 13.9. The molecule has 1 aliphatic rings. The van der Waals surface area contributed by atoms with E-state index in [2.05, 4.69) is 11.2 Å². The number of nitrogens with zero attached hydrogens (tertiary/aromatic N) is 2. The lowest BCUT2D eigenvalue weighted by atomic mass is 9.90. The van der Waals surface area contributed by atoms with Gasteiger partial charge in [-0.25, -0.2) is 13.9 Å². The zero-order chi connectivity index (χ0) is 18.1. The minimum absolute atomic E-state index is 0.0722. The Kier molecular flexibility index (Phi) is 4.13. The first kappa shape index (κ1) is 16.3. The second-order valence-electron chi connectivity index (χ2n) is 6.30. The summed E-state index contributed by atoms with van der Waals surface area (Å²) in [6.07, 6.45) is 4.46. The lowest BCUT2D eigenvalue weighted by molar-refractivity contribution is 0.0688. The van der Waals surface area contributed by atoms with E-state index < -0.39 is 5.97 Å². The molecule has 26 heavy (non-hydrogen) atoms. The van der Waals surface area contributed by atoms with Gasteiger partial charge in [0.2, 0.25) is 0 Å². The molecule has 3 aromatic rings. The Morgan fingerprint density at radius 3 is 2.50 bits per heavy atom. The quantitative estimate of drug-likeness (QED) is 0.753. The summed E-state index contributed by atoms with van der Waals surface area (Å²) in [6.45, 7) is 0. The molecule has 0 radical (unpaired) electrons. The molecule has 0 fully saturated rings. The zero-order valence-corrected chi connectivity index (χ0v) is 14.0. The van der Waals surface area contributed by atoms with Gasteiger partial charge >= 0.3 is 5.97 Å². The number of rotatable bonds is 3. The van der Waals surface area contributed by atoms with Crippen molar-refractivity contribution in [3.63, 3.8) is 0 Å². The van der Waals surface area contributed by atoms with Crippen molar-refractivity contribution in [3.05, 3.63) is 82.9 Å². The Bertz CT molecular complexity index is 989. The maximum Gasteiger partial charge on any atom is 0.356 e. The van der Waals surface area contributed by atoms with E-state index in [0.717, 1.165) is 35.2 Å². The molecular formula is C21H17FN2O2. The summed E-state index contributed by atoms with van der Waals surface area (Å²) >= 11 is 0. The number of halogens is 1. The van der Waals surface area contributed by atoms with Gasteiger partial charge in [0.25, 0.3) is 0 Å². The summed E-state index contributed by atoms with van der Waals surface area (Å²) < 4.78 is 14.9. The second kappa shape index (κ2) is 6.59. The number of allylic oxidation sites excluding steroid dienone is 1. The normalized spacial score (nSPS) is 15.0. The number of benzene rings is 2. The molecule has 0 atom stereocenters. The van der Waals surface area contributed by atoms with E-state index in [1.165, 1.54) is 12.1 Å². The molecule has 0 unspecified atom stereocenters. The number of fused-ring (bicyclic) bond motifs is 1. The lowest BCUT2D eigenvalue weighted by Gasteiger charge is -2.18. The average Bonchev–Trinajstić information content (AvgIpc) is 3.04. The Morgan fingerprint density at radius 1 is 1.08 bits per heavy atom. The summed E-state index contributed by atoms with van der Waals surface area (Å²) in [7, 11) is 0. The average molecular weight is 348 g/mol. The third kappa shape index (κ3) is 2.92. The molecule has 1 aliphatic carbocycles. The van der Waals surface area contributed by atoms with Crippen LogP contribution in [0.3, 0.4) is 0 Å². The molecule has 5 heteroatoms. The number of hydrogen-bond donors (Lipinski definition) is 1. The SMILES string of the molecule is O=C(O)c1nn(-c2ccc(F)cc2)c2c1CCC/C2=C/c1ccccc1. The van der Waals surface area contributed by atoms with Crippen LogP contribution in [-0.2, 0) is 6.42 Å². The van der Waals surface area contributed by atoms with Crippen LogP contribution < -0.4 is 0 Å². The molecule has 2 aromatic carbocycles. The molecule has 0 aliphatic heterocycles. The van der Waals surface area contributed by atoms with E-state index in [9.17, 15) is 14.3 Å². The van der Waals surface area contributed by atoms with Crippen LogP contribution in [0.5, 0.6) is 0 Å². The maximum atomic E-state index is 13.3. The molecule has 0 spiro atoms. The minimum Gasteiger partial charge on any atom is -0.476 e. The van der Waals surface area contributed by atoms with Gasteiger partial charge in [-0.3, -0.25) is 0 Å². The summed E-state index contributed by atoms with van der Waals surface area (Å²) in [6, 6.07) is 15.9. The largest absolute Gasteiger partial charge is 0.476 e. The van der Waals surface area contributed by atoms with Gasteiger partial charge in [-0.2, -0.15) is 5.10 Å². The summed E-state index contributed by atoms with van der Waals surface area (Å²) in [5.74, 6) is -1.38. The molecule has 4 nitrogen and oxygen atoms in total. The van der Waals surface area contributed by atoms with Crippen molar-refractivity contribution in [1.29, 1.82) is 0 Å². The zero-order valence-electron chi connectivity index (χ0n) is 14.0. The minimum atomic E-state index is -1.04. The van der Waals surface area contributed by atoms with Gasteiger partial charge in [-0.1, -0.05) is 30.3 Å². The third-order valence-electron chi connectivity index (χ3n) is 4.57. The third-order valence-corrected chi connectivity index (χ3v) is 4.57. The molecule has 0 saturated carbocycles.